The maximum Gasteiger partial charge on any atom is 0.254 e. The summed E-state index contributed by atoms with van der Waals surface area (Å²) in [6.45, 7) is 3.19. The minimum atomic E-state index is -3.35. The molecule has 0 spiro atoms. The quantitative estimate of drug-likeness (QED) is 0.367. The molecule has 2 aliphatic rings. The SMILES string of the molecule is Cc1nc2ccc(-c3ccc4c(c3)CN(C(=O)c3ccc(S(=O)(=O)CC5CCCC5)cc3)CCO4)cc2[nH]1. The van der Waals surface area contributed by atoms with Crippen LogP contribution in [0.25, 0.3) is 22.2 Å². The van der Waals surface area contributed by atoms with Crippen molar-refractivity contribution in [2.75, 3.05) is 18.9 Å². The van der Waals surface area contributed by atoms with Gasteiger partial charge in [0.1, 0.15) is 18.2 Å². The Labute approximate surface area is 222 Å². The molecule has 1 fully saturated rings. The topological polar surface area (TPSA) is 92.4 Å². The zero-order valence-electron chi connectivity index (χ0n) is 21.4. The molecule has 3 aromatic carbocycles. The van der Waals surface area contributed by atoms with E-state index in [4.69, 9.17) is 4.74 Å². The maximum absolute atomic E-state index is 13.4. The minimum absolute atomic E-state index is 0.138. The van der Waals surface area contributed by atoms with Gasteiger partial charge in [0.2, 0.25) is 0 Å². The molecule has 1 aliphatic carbocycles. The van der Waals surface area contributed by atoms with Crippen LogP contribution in [-0.2, 0) is 16.4 Å². The maximum atomic E-state index is 13.4. The van der Waals surface area contributed by atoms with Gasteiger partial charge in [-0.3, -0.25) is 4.79 Å². The lowest BCUT2D eigenvalue weighted by atomic mass is 10.0. The smallest absolute Gasteiger partial charge is 0.254 e. The number of nitrogens with zero attached hydrogens (tertiary/aromatic N) is 2. The van der Waals surface area contributed by atoms with Gasteiger partial charge in [0, 0.05) is 17.7 Å². The van der Waals surface area contributed by atoms with Crippen LogP contribution >= 0.6 is 0 Å². The molecule has 0 radical (unpaired) electrons. The molecule has 6 rings (SSSR count). The number of ether oxygens (including phenoxy) is 1. The Morgan fingerprint density at radius 1 is 1.03 bits per heavy atom. The van der Waals surface area contributed by atoms with Crippen LogP contribution in [0.3, 0.4) is 0 Å². The van der Waals surface area contributed by atoms with Gasteiger partial charge >= 0.3 is 0 Å². The highest BCUT2D eigenvalue weighted by molar-refractivity contribution is 7.91. The molecule has 4 aromatic rings. The first kappa shape index (κ1) is 24.7. The van der Waals surface area contributed by atoms with Gasteiger partial charge in [-0.05, 0) is 85.3 Å². The van der Waals surface area contributed by atoms with Crippen LogP contribution in [0.5, 0.6) is 5.75 Å². The second kappa shape index (κ2) is 9.91. The molecule has 7 nitrogen and oxygen atoms in total. The Morgan fingerprint density at radius 3 is 2.55 bits per heavy atom. The van der Waals surface area contributed by atoms with Crippen LogP contribution in [0.4, 0.5) is 0 Å². The lowest BCUT2D eigenvalue weighted by Gasteiger charge is -2.20. The van der Waals surface area contributed by atoms with Crippen molar-refractivity contribution in [2.45, 2.75) is 44.0 Å². The third-order valence-electron chi connectivity index (χ3n) is 7.65. The zero-order valence-corrected chi connectivity index (χ0v) is 22.3. The zero-order chi connectivity index (χ0) is 26.3. The van der Waals surface area contributed by atoms with E-state index >= 15 is 0 Å². The number of aryl methyl sites for hydroxylation is 1. The average Bonchev–Trinajstić information content (AvgIpc) is 3.50. The first-order valence-electron chi connectivity index (χ1n) is 13.2. The van der Waals surface area contributed by atoms with Gasteiger partial charge in [-0.15, -0.1) is 0 Å². The molecule has 38 heavy (non-hydrogen) atoms. The third kappa shape index (κ3) is 4.92. The van der Waals surface area contributed by atoms with E-state index in [2.05, 4.69) is 22.1 Å². The van der Waals surface area contributed by atoms with Crippen molar-refractivity contribution in [1.29, 1.82) is 0 Å². The fourth-order valence-corrected chi connectivity index (χ4v) is 7.33. The molecule has 1 aromatic heterocycles. The number of benzene rings is 3. The lowest BCUT2D eigenvalue weighted by molar-refractivity contribution is 0.0733. The molecule has 1 aliphatic heterocycles. The van der Waals surface area contributed by atoms with Crippen molar-refractivity contribution < 1.29 is 17.9 Å². The number of carbonyl (C=O) groups is 1. The van der Waals surface area contributed by atoms with Crippen LogP contribution in [-0.4, -0.2) is 48.1 Å². The van der Waals surface area contributed by atoms with Gasteiger partial charge in [-0.1, -0.05) is 25.0 Å². The number of amides is 1. The molecule has 1 N–H and O–H groups in total. The molecule has 2 heterocycles. The highest BCUT2D eigenvalue weighted by Gasteiger charge is 2.25. The van der Waals surface area contributed by atoms with Crippen molar-refractivity contribution in [1.82, 2.24) is 14.9 Å². The second-order valence-electron chi connectivity index (χ2n) is 10.4. The Kier molecular flexibility index (Phi) is 6.43. The number of aromatic nitrogens is 2. The van der Waals surface area contributed by atoms with E-state index < -0.39 is 9.84 Å². The monoisotopic (exact) mass is 529 g/mol. The predicted molar refractivity (Wildman–Crippen MR) is 147 cm³/mol. The highest BCUT2D eigenvalue weighted by Crippen LogP contribution is 2.32. The number of fused-ring (bicyclic) bond motifs is 2. The number of nitrogens with one attached hydrogen (secondary N) is 1. The number of rotatable bonds is 5. The Morgan fingerprint density at radius 2 is 1.76 bits per heavy atom. The number of carbonyl (C=O) groups excluding carboxylic acids is 1. The van der Waals surface area contributed by atoms with Gasteiger partial charge in [0.05, 0.1) is 28.2 Å². The summed E-state index contributed by atoms with van der Waals surface area (Å²) in [6.07, 6.45) is 4.18. The summed E-state index contributed by atoms with van der Waals surface area (Å²) in [5.41, 5.74) is 5.41. The van der Waals surface area contributed by atoms with Crippen LogP contribution in [0, 0.1) is 12.8 Å². The molecule has 0 bridgehead atoms. The standard InChI is InChI=1S/C30H31N3O4S/c1-20-31-27-12-8-24(17-28(27)32-20)23-9-13-29-25(16-23)18-33(14-15-37-29)30(34)22-6-10-26(11-7-22)38(35,36)19-21-4-2-3-5-21/h6-13,16-17,21H,2-5,14-15,18-19H2,1H3,(H,31,32). The molecule has 1 saturated carbocycles. The van der Waals surface area contributed by atoms with Gasteiger partial charge in [0.15, 0.2) is 9.84 Å². The Balaban J connectivity index is 1.21. The van der Waals surface area contributed by atoms with Crippen molar-refractivity contribution in [3.05, 3.63) is 77.6 Å². The van der Waals surface area contributed by atoms with E-state index in [0.29, 0.717) is 30.2 Å². The Hall–Kier alpha value is -3.65. The molecule has 0 unspecified atom stereocenters. The first-order valence-corrected chi connectivity index (χ1v) is 14.9. The summed E-state index contributed by atoms with van der Waals surface area (Å²) < 4.78 is 31.7. The van der Waals surface area contributed by atoms with E-state index in [-0.39, 0.29) is 17.6 Å². The summed E-state index contributed by atoms with van der Waals surface area (Å²) in [4.78, 5) is 23.2. The van der Waals surface area contributed by atoms with Crippen molar-refractivity contribution in [3.63, 3.8) is 0 Å². The predicted octanol–water partition coefficient (Wildman–Crippen LogP) is 5.54. The van der Waals surface area contributed by atoms with Crippen LogP contribution in [0.15, 0.2) is 65.6 Å². The van der Waals surface area contributed by atoms with E-state index in [1.165, 1.54) is 0 Å². The van der Waals surface area contributed by atoms with Crippen molar-refractivity contribution >= 4 is 26.8 Å². The number of imidazole rings is 1. The first-order chi connectivity index (χ1) is 18.4. The van der Waals surface area contributed by atoms with Crippen LogP contribution < -0.4 is 4.74 Å². The number of H-pyrrole nitrogens is 1. The van der Waals surface area contributed by atoms with Gasteiger partial charge in [-0.2, -0.15) is 0 Å². The number of hydrogen-bond acceptors (Lipinski definition) is 5. The largest absolute Gasteiger partial charge is 0.491 e. The van der Waals surface area contributed by atoms with E-state index in [1.807, 2.05) is 31.2 Å². The van der Waals surface area contributed by atoms with Gasteiger partial charge in [0.25, 0.3) is 5.91 Å². The number of sulfone groups is 1. The second-order valence-corrected chi connectivity index (χ2v) is 12.4. The highest BCUT2D eigenvalue weighted by atomic mass is 32.2. The fourth-order valence-electron chi connectivity index (χ4n) is 5.63. The van der Waals surface area contributed by atoms with Gasteiger partial charge in [-0.25, -0.2) is 13.4 Å². The van der Waals surface area contributed by atoms with E-state index in [0.717, 1.165) is 65.0 Å². The molecule has 1 amide bonds. The normalized spacial score (nSPS) is 16.3. The molecule has 0 atom stereocenters. The number of aromatic amines is 1. The molecular weight excluding hydrogens is 498 g/mol. The summed E-state index contributed by atoms with van der Waals surface area (Å²) in [5.74, 6) is 1.95. The van der Waals surface area contributed by atoms with Gasteiger partial charge < -0.3 is 14.6 Å². The molecule has 0 saturated heterocycles. The van der Waals surface area contributed by atoms with Crippen molar-refractivity contribution in [2.24, 2.45) is 5.92 Å². The van der Waals surface area contributed by atoms with Crippen LogP contribution in [0.1, 0.15) is 47.4 Å². The lowest BCUT2D eigenvalue weighted by Crippen LogP contribution is -2.32. The summed E-state index contributed by atoms with van der Waals surface area (Å²) in [7, 11) is -3.35. The third-order valence-corrected chi connectivity index (χ3v) is 9.55. The van der Waals surface area contributed by atoms with E-state index in [1.54, 1.807) is 29.2 Å². The minimum Gasteiger partial charge on any atom is -0.491 e. The molecular formula is C30H31N3O4S. The number of hydrogen-bond donors (Lipinski definition) is 1. The summed E-state index contributed by atoms with van der Waals surface area (Å²) >= 11 is 0. The Bertz CT molecular complexity index is 1600. The molecule has 8 heteroatoms. The summed E-state index contributed by atoms with van der Waals surface area (Å²) in [5, 5.41) is 0. The fraction of sp³-hybridized carbons (Fsp3) is 0.333. The molecule has 196 valence electrons. The average molecular weight is 530 g/mol. The summed E-state index contributed by atoms with van der Waals surface area (Å²) in [6, 6.07) is 18.6. The van der Waals surface area contributed by atoms with E-state index in [9.17, 15) is 13.2 Å². The van der Waals surface area contributed by atoms with Crippen molar-refractivity contribution in [3.8, 4) is 16.9 Å². The van der Waals surface area contributed by atoms with Crippen LogP contribution in [0.2, 0.25) is 0 Å².